The van der Waals surface area contributed by atoms with Gasteiger partial charge in [0, 0.05) is 31.4 Å². The van der Waals surface area contributed by atoms with Gasteiger partial charge in [-0.3, -0.25) is 4.79 Å². The smallest absolute Gasteiger partial charge is 0.270 e. The number of nitrogens with zero attached hydrogens (tertiary/aromatic N) is 2. The number of piperidine rings is 1. The van der Waals surface area contributed by atoms with E-state index in [0.717, 1.165) is 37.3 Å². The third-order valence-electron chi connectivity index (χ3n) is 4.96. The zero-order valence-corrected chi connectivity index (χ0v) is 12.6. The molecule has 110 valence electrons. The van der Waals surface area contributed by atoms with Gasteiger partial charge < -0.3 is 14.8 Å². The average molecular weight is 275 g/mol. The quantitative estimate of drug-likeness (QED) is 0.897. The molecule has 1 amide bonds. The van der Waals surface area contributed by atoms with Gasteiger partial charge in [0.05, 0.1) is 0 Å². The Hall–Kier alpha value is -1.29. The normalized spacial score (nSPS) is 27.0. The lowest BCUT2D eigenvalue weighted by molar-refractivity contribution is 0.0553. The summed E-state index contributed by atoms with van der Waals surface area (Å²) in [5.74, 6) is 0.207. The molecule has 0 radical (unpaired) electrons. The van der Waals surface area contributed by atoms with Crippen LogP contribution in [0.4, 0.5) is 0 Å². The zero-order chi connectivity index (χ0) is 14.1. The monoisotopic (exact) mass is 275 g/mol. The first-order valence-electron chi connectivity index (χ1n) is 7.85. The van der Waals surface area contributed by atoms with Gasteiger partial charge in [0.1, 0.15) is 5.69 Å². The number of aromatic nitrogens is 1. The first kappa shape index (κ1) is 13.7. The number of hydrogen-bond acceptors (Lipinski definition) is 2. The van der Waals surface area contributed by atoms with Crippen LogP contribution in [-0.2, 0) is 7.05 Å². The van der Waals surface area contributed by atoms with Crippen molar-refractivity contribution in [1.82, 2.24) is 14.8 Å². The van der Waals surface area contributed by atoms with E-state index in [1.54, 1.807) is 0 Å². The van der Waals surface area contributed by atoms with Gasteiger partial charge in [-0.1, -0.05) is 0 Å². The molecule has 0 aliphatic carbocycles. The first-order chi connectivity index (χ1) is 9.68. The van der Waals surface area contributed by atoms with Crippen LogP contribution in [0.3, 0.4) is 0 Å². The second kappa shape index (κ2) is 5.60. The fraction of sp³-hybridized carbons (Fsp3) is 0.688. The van der Waals surface area contributed by atoms with E-state index in [1.807, 2.05) is 30.7 Å². The van der Waals surface area contributed by atoms with Crippen molar-refractivity contribution >= 4 is 5.91 Å². The number of carbonyl (C=O) groups excluding carboxylic acids is 1. The Balaban J connectivity index is 1.82. The van der Waals surface area contributed by atoms with Gasteiger partial charge in [-0.05, 0) is 57.7 Å². The van der Waals surface area contributed by atoms with Crippen molar-refractivity contribution in [2.75, 3.05) is 13.1 Å². The lowest BCUT2D eigenvalue weighted by Crippen LogP contribution is -2.52. The molecule has 3 rings (SSSR count). The Labute approximate surface area is 121 Å². The number of aryl methyl sites for hydroxylation is 1. The van der Waals surface area contributed by atoms with Gasteiger partial charge in [-0.25, -0.2) is 0 Å². The Morgan fingerprint density at radius 3 is 2.75 bits per heavy atom. The molecular weight excluding hydrogens is 250 g/mol. The van der Waals surface area contributed by atoms with Crippen LogP contribution < -0.4 is 5.32 Å². The van der Waals surface area contributed by atoms with Crippen LogP contribution in [0.5, 0.6) is 0 Å². The molecule has 1 N–H and O–H groups in total. The van der Waals surface area contributed by atoms with E-state index in [4.69, 9.17) is 0 Å². The molecule has 2 unspecified atom stereocenters. The average Bonchev–Trinajstić information content (AvgIpc) is 3.10. The van der Waals surface area contributed by atoms with Crippen LogP contribution >= 0.6 is 0 Å². The second-order valence-electron chi connectivity index (χ2n) is 6.18. The molecule has 0 bridgehead atoms. The van der Waals surface area contributed by atoms with Gasteiger partial charge in [-0.15, -0.1) is 0 Å². The van der Waals surface area contributed by atoms with E-state index in [2.05, 4.69) is 10.2 Å². The lowest BCUT2D eigenvalue weighted by Gasteiger charge is -2.39. The van der Waals surface area contributed by atoms with Crippen molar-refractivity contribution in [1.29, 1.82) is 0 Å². The van der Waals surface area contributed by atoms with Crippen molar-refractivity contribution < 1.29 is 4.79 Å². The topological polar surface area (TPSA) is 37.3 Å². The highest BCUT2D eigenvalue weighted by atomic mass is 16.2. The summed E-state index contributed by atoms with van der Waals surface area (Å²) in [7, 11) is 1.98. The molecule has 2 atom stereocenters. The van der Waals surface area contributed by atoms with Crippen molar-refractivity contribution in [3.63, 3.8) is 0 Å². The van der Waals surface area contributed by atoms with E-state index in [9.17, 15) is 4.79 Å². The Morgan fingerprint density at radius 2 is 2.10 bits per heavy atom. The number of carbonyl (C=O) groups is 1. The van der Waals surface area contributed by atoms with E-state index in [-0.39, 0.29) is 5.91 Å². The third-order valence-corrected chi connectivity index (χ3v) is 4.96. The van der Waals surface area contributed by atoms with Crippen LogP contribution in [-0.4, -0.2) is 40.5 Å². The molecule has 0 spiro atoms. The van der Waals surface area contributed by atoms with Crippen LogP contribution in [0, 0.1) is 6.92 Å². The predicted octanol–water partition coefficient (Wildman–Crippen LogP) is 2.08. The van der Waals surface area contributed by atoms with Crippen molar-refractivity contribution in [2.45, 2.75) is 51.1 Å². The SMILES string of the molecule is Cc1ccc(C(=O)N2CCCCC2C2CCCN2)n1C. The maximum atomic E-state index is 12.9. The number of nitrogens with one attached hydrogen (secondary N) is 1. The minimum Gasteiger partial charge on any atom is -0.344 e. The Morgan fingerprint density at radius 1 is 1.25 bits per heavy atom. The van der Waals surface area contributed by atoms with E-state index < -0.39 is 0 Å². The van der Waals surface area contributed by atoms with Crippen LogP contribution in [0.15, 0.2) is 12.1 Å². The highest BCUT2D eigenvalue weighted by Gasteiger charge is 2.35. The van der Waals surface area contributed by atoms with Crippen molar-refractivity contribution in [3.05, 3.63) is 23.5 Å². The largest absolute Gasteiger partial charge is 0.344 e. The molecule has 2 fully saturated rings. The molecule has 2 aliphatic rings. The summed E-state index contributed by atoms with van der Waals surface area (Å²) in [4.78, 5) is 15.0. The van der Waals surface area contributed by atoms with Gasteiger partial charge in [0.25, 0.3) is 5.91 Å². The number of rotatable bonds is 2. The summed E-state index contributed by atoms with van der Waals surface area (Å²) in [6.07, 6.45) is 5.98. The van der Waals surface area contributed by atoms with Crippen LogP contribution in [0.1, 0.15) is 48.3 Å². The minimum absolute atomic E-state index is 0.207. The fourth-order valence-corrected chi connectivity index (χ4v) is 3.64. The van der Waals surface area contributed by atoms with Gasteiger partial charge in [-0.2, -0.15) is 0 Å². The highest BCUT2D eigenvalue weighted by molar-refractivity contribution is 5.93. The summed E-state index contributed by atoms with van der Waals surface area (Å²) >= 11 is 0. The molecule has 2 aliphatic heterocycles. The second-order valence-corrected chi connectivity index (χ2v) is 6.18. The zero-order valence-electron chi connectivity index (χ0n) is 12.6. The molecule has 2 saturated heterocycles. The molecule has 20 heavy (non-hydrogen) atoms. The van der Waals surface area contributed by atoms with Crippen LogP contribution in [0.25, 0.3) is 0 Å². The van der Waals surface area contributed by atoms with Gasteiger partial charge in [0.2, 0.25) is 0 Å². The molecule has 4 heteroatoms. The molecule has 1 aromatic rings. The minimum atomic E-state index is 0.207. The summed E-state index contributed by atoms with van der Waals surface area (Å²) in [5.41, 5.74) is 1.97. The summed E-state index contributed by atoms with van der Waals surface area (Å²) in [5, 5.41) is 3.58. The maximum Gasteiger partial charge on any atom is 0.270 e. The molecule has 3 heterocycles. The Bertz CT molecular complexity index is 488. The number of likely N-dealkylation sites (tertiary alicyclic amines) is 1. The summed E-state index contributed by atoms with van der Waals surface area (Å²) in [6.45, 7) is 4.06. The van der Waals surface area contributed by atoms with Crippen molar-refractivity contribution in [2.24, 2.45) is 7.05 Å². The van der Waals surface area contributed by atoms with Gasteiger partial charge in [0.15, 0.2) is 0 Å². The van der Waals surface area contributed by atoms with E-state index in [1.165, 1.54) is 19.3 Å². The highest BCUT2D eigenvalue weighted by Crippen LogP contribution is 2.26. The molecule has 4 nitrogen and oxygen atoms in total. The third kappa shape index (κ3) is 2.37. The van der Waals surface area contributed by atoms with E-state index in [0.29, 0.717) is 12.1 Å². The standard InChI is InChI=1S/C16H25N3O/c1-12-8-9-15(18(12)2)16(20)19-11-4-3-7-14(19)13-6-5-10-17-13/h8-9,13-14,17H,3-7,10-11H2,1-2H3. The maximum absolute atomic E-state index is 12.9. The molecule has 0 aromatic carbocycles. The van der Waals surface area contributed by atoms with Gasteiger partial charge >= 0.3 is 0 Å². The lowest BCUT2D eigenvalue weighted by atomic mass is 9.94. The van der Waals surface area contributed by atoms with Crippen molar-refractivity contribution in [3.8, 4) is 0 Å². The first-order valence-corrected chi connectivity index (χ1v) is 7.85. The summed E-state index contributed by atoms with van der Waals surface area (Å²) < 4.78 is 2.01. The fourth-order valence-electron chi connectivity index (χ4n) is 3.64. The number of amides is 1. The summed E-state index contributed by atoms with van der Waals surface area (Å²) in [6, 6.07) is 4.88. The van der Waals surface area contributed by atoms with Crippen LogP contribution in [0.2, 0.25) is 0 Å². The molecular formula is C16H25N3O. The molecule has 0 saturated carbocycles. The Kier molecular flexibility index (Phi) is 3.83. The molecule has 1 aromatic heterocycles. The number of hydrogen-bond donors (Lipinski definition) is 1. The predicted molar refractivity (Wildman–Crippen MR) is 79.9 cm³/mol. The van der Waals surface area contributed by atoms with E-state index >= 15 is 0 Å².